The largest absolute Gasteiger partial charge is 0.486 e. The number of ether oxygens (including phenoxy) is 1. The number of nitrogens with one attached hydrogen (secondary N) is 1. The predicted octanol–water partition coefficient (Wildman–Crippen LogP) is 1.90. The highest BCUT2D eigenvalue weighted by Gasteiger charge is 2.31. The minimum absolute atomic E-state index is 0.0754. The van der Waals surface area contributed by atoms with E-state index < -0.39 is 5.25 Å². The maximum Gasteiger partial charge on any atom is 0.324 e. The van der Waals surface area contributed by atoms with Gasteiger partial charge in [0.2, 0.25) is 11.1 Å². The lowest BCUT2D eigenvalue weighted by Gasteiger charge is -2.19. The molecule has 0 bridgehead atoms. The first kappa shape index (κ1) is 21.0. The Kier molecular flexibility index (Phi) is 6.02. The molecule has 1 aliphatic heterocycles. The van der Waals surface area contributed by atoms with Crippen molar-refractivity contribution in [2.24, 2.45) is 0 Å². The average molecular weight is 419 g/mol. The van der Waals surface area contributed by atoms with Gasteiger partial charge in [-0.2, -0.15) is 0 Å². The third-order valence-corrected chi connectivity index (χ3v) is 5.62. The highest BCUT2D eigenvalue weighted by molar-refractivity contribution is 8.00. The zero-order chi connectivity index (χ0) is 21.2. The van der Waals surface area contributed by atoms with Gasteiger partial charge in [0.15, 0.2) is 5.82 Å². The number of nitrogens with two attached hydrogens (primary N) is 1. The molecule has 3 amide bonds. The van der Waals surface area contributed by atoms with Crippen molar-refractivity contribution < 1.29 is 14.3 Å². The second kappa shape index (κ2) is 8.32. The summed E-state index contributed by atoms with van der Waals surface area (Å²) < 4.78 is 7.07. The highest BCUT2D eigenvalue weighted by Crippen LogP contribution is 2.25. The monoisotopic (exact) mass is 418 g/mol. The van der Waals surface area contributed by atoms with Crippen molar-refractivity contribution in [1.29, 1.82) is 0 Å². The normalized spacial score (nSPS) is 15.3. The van der Waals surface area contributed by atoms with Gasteiger partial charge in [-0.25, -0.2) is 9.47 Å². The lowest BCUT2D eigenvalue weighted by molar-refractivity contribution is -0.126. The van der Waals surface area contributed by atoms with E-state index in [-0.39, 0.29) is 24.0 Å². The second-order valence-electron chi connectivity index (χ2n) is 7.81. The van der Waals surface area contributed by atoms with Gasteiger partial charge in [-0.1, -0.05) is 44.7 Å². The first-order valence-electron chi connectivity index (χ1n) is 9.35. The molecular weight excluding hydrogens is 392 g/mol. The molecule has 29 heavy (non-hydrogen) atoms. The van der Waals surface area contributed by atoms with Crippen LogP contribution in [-0.2, 0) is 16.8 Å². The third kappa shape index (κ3) is 4.81. The molecule has 2 heterocycles. The fourth-order valence-electron chi connectivity index (χ4n) is 2.79. The van der Waals surface area contributed by atoms with Gasteiger partial charge < -0.3 is 15.9 Å². The maximum absolute atomic E-state index is 12.4. The van der Waals surface area contributed by atoms with Gasteiger partial charge >= 0.3 is 6.03 Å². The molecule has 9 nitrogen and oxygen atoms in total. The summed E-state index contributed by atoms with van der Waals surface area (Å²) >= 11 is 1.15. The smallest absolute Gasteiger partial charge is 0.324 e. The van der Waals surface area contributed by atoms with Crippen molar-refractivity contribution in [3.8, 4) is 5.75 Å². The zero-order valence-corrected chi connectivity index (χ0v) is 17.8. The number of carbonyl (C=O) groups excluding carboxylic acids is 2. The van der Waals surface area contributed by atoms with Crippen LogP contribution in [0.3, 0.4) is 0 Å². The number of hydrogen-bond donors (Lipinski definition) is 2. The first-order valence-corrected chi connectivity index (χ1v) is 10.2. The Morgan fingerprint density at radius 2 is 2.00 bits per heavy atom. The molecule has 1 aromatic carbocycles. The number of thioether (sulfide) groups is 1. The van der Waals surface area contributed by atoms with Gasteiger partial charge in [0.05, 0.1) is 5.25 Å². The van der Waals surface area contributed by atoms with Gasteiger partial charge in [0.1, 0.15) is 12.4 Å². The number of imide groups is 1. The number of urea groups is 1. The molecule has 1 fully saturated rings. The van der Waals surface area contributed by atoms with Crippen LogP contribution in [0.1, 0.15) is 39.1 Å². The van der Waals surface area contributed by atoms with E-state index in [1.807, 2.05) is 24.3 Å². The summed E-state index contributed by atoms with van der Waals surface area (Å²) in [6, 6.07) is 7.52. The standard InChI is InChI=1S/C19H26N6O3S/c1-12(16(26)24-10-9-21-17(24)27)29-18-23-22-15(25(18)20)11-28-14-7-5-13(6-8-14)19(2,3)4/h5-8,12H,9-11,20H2,1-4H3,(H,21,27)/t12-/m0/s1. The van der Waals surface area contributed by atoms with Crippen LogP contribution in [-0.4, -0.2) is 50.1 Å². The van der Waals surface area contributed by atoms with E-state index in [0.29, 0.717) is 29.8 Å². The second-order valence-corrected chi connectivity index (χ2v) is 9.12. The average Bonchev–Trinajstić information content (AvgIpc) is 3.25. The minimum atomic E-state index is -0.524. The summed E-state index contributed by atoms with van der Waals surface area (Å²) in [6.45, 7) is 9.15. The molecule has 0 saturated carbocycles. The number of rotatable bonds is 6. The van der Waals surface area contributed by atoms with Gasteiger partial charge in [-0.15, -0.1) is 10.2 Å². The Labute approximate surface area is 174 Å². The Bertz CT molecular complexity index is 890. The Morgan fingerprint density at radius 3 is 2.59 bits per heavy atom. The lowest BCUT2D eigenvalue weighted by atomic mass is 9.87. The van der Waals surface area contributed by atoms with E-state index in [4.69, 9.17) is 10.6 Å². The summed E-state index contributed by atoms with van der Waals surface area (Å²) in [5, 5.41) is 10.6. The van der Waals surface area contributed by atoms with Crippen LogP contribution in [0.15, 0.2) is 29.4 Å². The highest BCUT2D eigenvalue weighted by atomic mass is 32.2. The molecule has 156 valence electrons. The Balaban J connectivity index is 1.59. The number of aromatic nitrogens is 3. The van der Waals surface area contributed by atoms with Crippen LogP contribution in [0.4, 0.5) is 4.79 Å². The minimum Gasteiger partial charge on any atom is -0.486 e. The van der Waals surface area contributed by atoms with Gasteiger partial charge in [0, 0.05) is 13.1 Å². The van der Waals surface area contributed by atoms with Crippen molar-refractivity contribution in [3.63, 3.8) is 0 Å². The SMILES string of the molecule is C[C@H](Sc1nnc(COc2ccc(C(C)(C)C)cc2)n1N)C(=O)N1CCNC1=O. The van der Waals surface area contributed by atoms with Crippen LogP contribution in [0.5, 0.6) is 5.75 Å². The number of carbonyl (C=O) groups is 2. The topological polar surface area (TPSA) is 115 Å². The van der Waals surface area contributed by atoms with Crippen LogP contribution in [0.25, 0.3) is 0 Å². The van der Waals surface area contributed by atoms with Crippen LogP contribution in [0.2, 0.25) is 0 Å². The number of benzene rings is 1. The van der Waals surface area contributed by atoms with Crippen molar-refractivity contribution in [3.05, 3.63) is 35.7 Å². The molecule has 10 heteroatoms. The van der Waals surface area contributed by atoms with E-state index in [2.05, 4.69) is 36.3 Å². The summed E-state index contributed by atoms with van der Waals surface area (Å²) in [5.74, 6) is 6.92. The fourth-order valence-corrected chi connectivity index (χ4v) is 3.65. The first-order chi connectivity index (χ1) is 13.7. The quantitative estimate of drug-likeness (QED) is 0.544. The Morgan fingerprint density at radius 1 is 1.31 bits per heavy atom. The van der Waals surface area contributed by atoms with E-state index in [9.17, 15) is 9.59 Å². The molecule has 0 radical (unpaired) electrons. The molecule has 3 rings (SSSR count). The predicted molar refractivity (Wildman–Crippen MR) is 110 cm³/mol. The van der Waals surface area contributed by atoms with Crippen LogP contribution in [0, 0.1) is 0 Å². The fraction of sp³-hybridized carbons (Fsp3) is 0.474. The van der Waals surface area contributed by atoms with E-state index >= 15 is 0 Å². The van der Waals surface area contributed by atoms with Crippen LogP contribution >= 0.6 is 11.8 Å². The van der Waals surface area contributed by atoms with Crippen molar-refractivity contribution in [2.45, 2.75) is 50.1 Å². The van der Waals surface area contributed by atoms with E-state index in [1.54, 1.807) is 6.92 Å². The summed E-state index contributed by atoms with van der Waals surface area (Å²) in [6.07, 6.45) is 0. The number of nitrogens with zero attached hydrogens (tertiary/aromatic N) is 4. The molecule has 0 unspecified atom stereocenters. The third-order valence-electron chi connectivity index (χ3n) is 4.58. The summed E-state index contributed by atoms with van der Waals surface area (Å²) in [4.78, 5) is 25.3. The van der Waals surface area contributed by atoms with Gasteiger partial charge in [-0.05, 0) is 30.0 Å². The van der Waals surface area contributed by atoms with E-state index in [0.717, 1.165) is 11.8 Å². The van der Waals surface area contributed by atoms with Crippen molar-refractivity contribution in [1.82, 2.24) is 25.1 Å². The number of hydrogen-bond acceptors (Lipinski definition) is 7. The van der Waals surface area contributed by atoms with Crippen molar-refractivity contribution >= 4 is 23.7 Å². The lowest BCUT2D eigenvalue weighted by Crippen LogP contribution is -2.39. The molecule has 0 spiro atoms. The molecule has 2 aromatic rings. The molecular formula is C19H26N6O3S. The molecule has 1 atom stereocenters. The van der Waals surface area contributed by atoms with Crippen molar-refractivity contribution in [2.75, 3.05) is 18.9 Å². The molecule has 1 saturated heterocycles. The molecule has 3 N–H and O–H groups in total. The summed E-state index contributed by atoms with van der Waals surface area (Å²) in [5.41, 5.74) is 1.29. The zero-order valence-electron chi connectivity index (χ0n) is 17.0. The van der Waals surface area contributed by atoms with Gasteiger partial charge in [0.25, 0.3) is 0 Å². The number of nitrogen functional groups attached to an aromatic ring is 1. The molecule has 1 aliphatic rings. The van der Waals surface area contributed by atoms with E-state index in [1.165, 1.54) is 15.1 Å². The molecule has 1 aromatic heterocycles. The van der Waals surface area contributed by atoms with Gasteiger partial charge in [-0.3, -0.25) is 9.69 Å². The van der Waals surface area contributed by atoms with Crippen LogP contribution < -0.4 is 15.9 Å². The summed E-state index contributed by atoms with van der Waals surface area (Å²) in [7, 11) is 0. The number of amides is 3. The molecule has 0 aliphatic carbocycles. The Hall–Kier alpha value is -2.75. The maximum atomic E-state index is 12.4.